The molecule has 0 aliphatic carbocycles. The van der Waals surface area contributed by atoms with Crippen LogP contribution in [0.25, 0.3) is 0 Å². The van der Waals surface area contributed by atoms with Gasteiger partial charge in [-0.1, -0.05) is 6.92 Å². The summed E-state index contributed by atoms with van der Waals surface area (Å²) in [4.78, 5) is 24.3. The number of hydrogen-bond donors (Lipinski definition) is 1. The number of carbonyl (C=O) groups is 2. The second-order valence-electron chi connectivity index (χ2n) is 4.12. The minimum Gasteiger partial charge on any atom is -0.480 e. The number of aliphatic carboxylic acids is 1. The second-order valence-corrected chi connectivity index (χ2v) is 4.12. The minimum atomic E-state index is -0.812. The van der Waals surface area contributed by atoms with Crippen molar-refractivity contribution >= 4 is 11.9 Å². The summed E-state index contributed by atoms with van der Waals surface area (Å²) in [6, 6.07) is -0.479. The number of carboxylic acids is 1. The van der Waals surface area contributed by atoms with E-state index in [1.165, 1.54) is 7.11 Å². The molecule has 1 fully saturated rings. The average Bonchev–Trinajstić information content (AvgIpc) is 2.29. The lowest BCUT2D eigenvalue weighted by Gasteiger charge is -2.34. The summed E-state index contributed by atoms with van der Waals surface area (Å²) in [5.74, 6) is -1.22. The van der Waals surface area contributed by atoms with Crippen LogP contribution in [0.3, 0.4) is 0 Å². The topological polar surface area (TPSA) is 66.8 Å². The maximum Gasteiger partial charge on any atom is 0.320 e. The Bertz CT molecular complexity index is 267. The van der Waals surface area contributed by atoms with Crippen LogP contribution >= 0.6 is 0 Å². The summed E-state index contributed by atoms with van der Waals surface area (Å²) in [6.45, 7) is 3.09. The fourth-order valence-electron chi connectivity index (χ4n) is 2.24. The molecule has 0 amide bonds. The van der Waals surface area contributed by atoms with E-state index in [-0.39, 0.29) is 11.9 Å². The lowest BCUT2D eigenvalue weighted by molar-refractivity contribution is -0.151. The Morgan fingerprint density at radius 1 is 1.56 bits per heavy atom. The molecule has 16 heavy (non-hydrogen) atoms. The number of piperidine rings is 1. The molecule has 5 nitrogen and oxygen atoms in total. The first-order valence-corrected chi connectivity index (χ1v) is 5.64. The van der Waals surface area contributed by atoms with Gasteiger partial charge in [0, 0.05) is 6.54 Å². The Morgan fingerprint density at radius 2 is 2.25 bits per heavy atom. The molecule has 0 aromatic carbocycles. The molecular formula is C11H19NO4. The van der Waals surface area contributed by atoms with Crippen molar-refractivity contribution in [2.45, 2.75) is 32.2 Å². The fraction of sp³-hybridized carbons (Fsp3) is 0.818. The quantitative estimate of drug-likeness (QED) is 0.720. The molecule has 1 saturated heterocycles. The number of likely N-dealkylation sites (tertiary alicyclic amines) is 1. The van der Waals surface area contributed by atoms with Crippen molar-refractivity contribution in [2.75, 3.05) is 20.2 Å². The van der Waals surface area contributed by atoms with Crippen molar-refractivity contribution in [3.8, 4) is 0 Å². The van der Waals surface area contributed by atoms with Gasteiger partial charge < -0.3 is 9.84 Å². The van der Waals surface area contributed by atoms with Gasteiger partial charge in [0.1, 0.15) is 6.04 Å². The Labute approximate surface area is 95.4 Å². The van der Waals surface area contributed by atoms with E-state index >= 15 is 0 Å². The summed E-state index contributed by atoms with van der Waals surface area (Å²) >= 11 is 0. The van der Waals surface area contributed by atoms with Gasteiger partial charge >= 0.3 is 11.9 Å². The van der Waals surface area contributed by atoms with Crippen molar-refractivity contribution in [3.05, 3.63) is 0 Å². The molecule has 0 bridgehead atoms. The highest BCUT2D eigenvalue weighted by molar-refractivity contribution is 5.74. The predicted octanol–water partition coefficient (Wildman–Crippen LogP) is 0.735. The number of hydrogen-bond acceptors (Lipinski definition) is 4. The number of rotatable bonds is 4. The van der Waals surface area contributed by atoms with Crippen molar-refractivity contribution in [3.63, 3.8) is 0 Å². The number of esters is 1. The third-order valence-electron chi connectivity index (χ3n) is 3.10. The van der Waals surface area contributed by atoms with Gasteiger partial charge in [-0.2, -0.15) is 0 Å². The van der Waals surface area contributed by atoms with Gasteiger partial charge in [0.05, 0.1) is 13.0 Å². The van der Waals surface area contributed by atoms with Crippen molar-refractivity contribution < 1.29 is 19.4 Å². The van der Waals surface area contributed by atoms with Crippen LogP contribution < -0.4 is 0 Å². The largest absolute Gasteiger partial charge is 0.480 e. The highest BCUT2D eigenvalue weighted by atomic mass is 16.5. The van der Waals surface area contributed by atoms with Crippen molar-refractivity contribution in [1.82, 2.24) is 4.90 Å². The van der Waals surface area contributed by atoms with Crippen molar-refractivity contribution in [2.24, 2.45) is 5.92 Å². The van der Waals surface area contributed by atoms with Crippen LogP contribution in [0.15, 0.2) is 0 Å². The lowest BCUT2D eigenvalue weighted by atomic mass is 9.96. The normalized spacial score (nSPS) is 23.8. The highest BCUT2D eigenvalue weighted by Gasteiger charge is 2.32. The molecule has 0 aromatic heterocycles. The predicted molar refractivity (Wildman–Crippen MR) is 58.0 cm³/mol. The van der Waals surface area contributed by atoms with E-state index in [0.29, 0.717) is 13.0 Å². The van der Waals surface area contributed by atoms with E-state index in [2.05, 4.69) is 0 Å². The minimum absolute atomic E-state index is 0.174. The van der Waals surface area contributed by atoms with Gasteiger partial charge in [0.25, 0.3) is 0 Å². The molecular weight excluding hydrogens is 210 g/mol. The van der Waals surface area contributed by atoms with Gasteiger partial charge in [0.15, 0.2) is 0 Å². The molecule has 2 atom stereocenters. The number of carbonyl (C=O) groups excluding carboxylic acids is 1. The van der Waals surface area contributed by atoms with Crippen LogP contribution in [0, 0.1) is 5.92 Å². The molecule has 1 unspecified atom stereocenters. The van der Waals surface area contributed by atoms with Crippen LogP contribution in [0.4, 0.5) is 0 Å². The summed E-state index contributed by atoms with van der Waals surface area (Å²) in [5.41, 5.74) is 0. The first-order chi connectivity index (χ1) is 7.60. The number of carboxylic acid groups (broad SMARTS) is 1. The number of nitrogens with zero attached hydrogens (tertiary/aromatic N) is 1. The molecule has 1 N–H and O–H groups in total. The van der Waals surface area contributed by atoms with Gasteiger partial charge in [-0.05, 0) is 25.8 Å². The van der Waals surface area contributed by atoms with Gasteiger partial charge in [-0.15, -0.1) is 0 Å². The van der Waals surface area contributed by atoms with E-state index in [0.717, 1.165) is 19.4 Å². The molecule has 0 saturated carbocycles. The maximum absolute atomic E-state index is 11.4. The zero-order valence-corrected chi connectivity index (χ0v) is 9.81. The van der Waals surface area contributed by atoms with Crippen LogP contribution in [-0.4, -0.2) is 48.2 Å². The summed E-state index contributed by atoms with van der Waals surface area (Å²) < 4.78 is 4.70. The SMILES string of the molecule is CCC(C(=O)O)N1CCC[C@H](C(=O)OC)C1. The van der Waals surface area contributed by atoms with Crippen LogP contribution in [-0.2, 0) is 14.3 Å². The first kappa shape index (κ1) is 13.0. The van der Waals surface area contributed by atoms with Gasteiger partial charge in [-0.3, -0.25) is 14.5 Å². The maximum atomic E-state index is 11.4. The number of methoxy groups -OCH3 is 1. The fourth-order valence-corrected chi connectivity index (χ4v) is 2.24. The Kier molecular flexibility index (Phi) is 4.73. The number of ether oxygens (including phenoxy) is 1. The highest BCUT2D eigenvalue weighted by Crippen LogP contribution is 2.20. The lowest BCUT2D eigenvalue weighted by Crippen LogP contribution is -2.48. The molecule has 0 radical (unpaired) electrons. The molecule has 1 aliphatic rings. The van der Waals surface area contributed by atoms with Gasteiger partial charge in [0.2, 0.25) is 0 Å². The zero-order valence-electron chi connectivity index (χ0n) is 9.81. The second kappa shape index (κ2) is 5.84. The van der Waals surface area contributed by atoms with Gasteiger partial charge in [-0.25, -0.2) is 0 Å². The average molecular weight is 229 g/mol. The standard InChI is InChI=1S/C11H19NO4/c1-3-9(10(13)14)12-6-4-5-8(7-12)11(15)16-2/h8-9H,3-7H2,1-2H3,(H,13,14)/t8-,9?/m0/s1. The molecule has 0 spiro atoms. The molecule has 1 aliphatic heterocycles. The monoisotopic (exact) mass is 229 g/mol. The first-order valence-electron chi connectivity index (χ1n) is 5.64. The van der Waals surface area contributed by atoms with E-state index in [1.54, 1.807) is 0 Å². The molecule has 92 valence electrons. The van der Waals surface area contributed by atoms with E-state index in [1.807, 2.05) is 11.8 Å². The Hall–Kier alpha value is -1.10. The smallest absolute Gasteiger partial charge is 0.320 e. The zero-order chi connectivity index (χ0) is 12.1. The van der Waals surface area contributed by atoms with Crippen molar-refractivity contribution in [1.29, 1.82) is 0 Å². The molecule has 1 rings (SSSR count). The van der Waals surface area contributed by atoms with E-state index in [9.17, 15) is 9.59 Å². The molecule has 0 aromatic rings. The van der Waals surface area contributed by atoms with E-state index < -0.39 is 12.0 Å². The Morgan fingerprint density at radius 3 is 2.75 bits per heavy atom. The third-order valence-corrected chi connectivity index (χ3v) is 3.10. The summed E-state index contributed by atoms with van der Waals surface area (Å²) in [6.07, 6.45) is 2.20. The van der Waals surface area contributed by atoms with Crippen LogP contribution in [0.1, 0.15) is 26.2 Å². The molecule has 1 heterocycles. The third kappa shape index (κ3) is 2.95. The molecule has 5 heteroatoms. The summed E-state index contributed by atoms with van der Waals surface area (Å²) in [5, 5.41) is 9.05. The Balaban J connectivity index is 2.62. The van der Waals surface area contributed by atoms with Crippen LogP contribution in [0.2, 0.25) is 0 Å². The van der Waals surface area contributed by atoms with E-state index in [4.69, 9.17) is 9.84 Å². The van der Waals surface area contributed by atoms with Crippen LogP contribution in [0.5, 0.6) is 0 Å². The summed E-state index contributed by atoms with van der Waals surface area (Å²) in [7, 11) is 1.37.